The van der Waals surface area contributed by atoms with Gasteiger partial charge in [-0.2, -0.15) is 0 Å². The second-order valence-corrected chi connectivity index (χ2v) is 8.23. The van der Waals surface area contributed by atoms with Gasteiger partial charge in [0.25, 0.3) is 5.91 Å². The highest BCUT2D eigenvalue weighted by molar-refractivity contribution is 14.0. The maximum atomic E-state index is 11.9. The Morgan fingerprint density at radius 1 is 1.14 bits per heavy atom. The van der Waals surface area contributed by atoms with E-state index in [0.717, 1.165) is 21.6 Å². The first-order chi connectivity index (χ1) is 13.7. The Hall–Kier alpha value is -1.69. The van der Waals surface area contributed by atoms with Crippen LogP contribution in [0.5, 0.6) is 0 Å². The number of rotatable bonds is 8. The number of carbonyl (C=O) groups is 1. The Kier molecular flexibility index (Phi) is 9.85. The molecule has 9 heteroatoms. The molecule has 0 bridgehead atoms. The zero-order valence-electron chi connectivity index (χ0n) is 16.1. The molecule has 0 aliphatic carbocycles. The number of guanidine groups is 1. The average molecular weight is 544 g/mol. The molecule has 0 aliphatic heterocycles. The molecule has 6 nitrogen and oxygen atoms in total. The summed E-state index contributed by atoms with van der Waals surface area (Å²) in [7, 11) is 1.69. The van der Waals surface area contributed by atoms with Gasteiger partial charge >= 0.3 is 0 Å². The molecule has 1 unspecified atom stereocenters. The summed E-state index contributed by atoms with van der Waals surface area (Å²) in [5.74, 6) is 0.591. The lowest BCUT2D eigenvalue weighted by atomic mass is 10.2. The second kappa shape index (κ2) is 12.1. The third-order valence-corrected chi connectivity index (χ3v) is 6.22. The van der Waals surface area contributed by atoms with Crippen molar-refractivity contribution in [2.24, 2.45) is 4.99 Å². The molecule has 1 aromatic carbocycles. The Labute approximate surface area is 195 Å². The highest BCUT2D eigenvalue weighted by Gasteiger charge is 2.12. The van der Waals surface area contributed by atoms with Gasteiger partial charge in [0.2, 0.25) is 0 Å². The predicted molar refractivity (Wildman–Crippen MR) is 133 cm³/mol. The van der Waals surface area contributed by atoms with Crippen LogP contribution < -0.4 is 16.0 Å². The van der Waals surface area contributed by atoms with Gasteiger partial charge in [-0.25, -0.2) is 0 Å². The van der Waals surface area contributed by atoms with E-state index in [9.17, 15) is 9.90 Å². The lowest BCUT2D eigenvalue weighted by Gasteiger charge is -2.14. The van der Waals surface area contributed by atoms with E-state index in [1.807, 2.05) is 41.8 Å². The molecule has 2 heterocycles. The van der Waals surface area contributed by atoms with Gasteiger partial charge in [0.1, 0.15) is 6.10 Å². The topological polar surface area (TPSA) is 85.8 Å². The number of carbonyl (C=O) groups excluding carboxylic acids is 1. The summed E-state index contributed by atoms with van der Waals surface area (Å²) in [5.41, 5.74) is 0. The molecule has 2 aromatic heterocycles. The van der Waals surface area contributed by atoms with Gasteiger partial charge in [-0.3, -0.25) is 9.79 Å². The van der Waals surface area contributed by atoms with Gasteiger partial charge in [-0.15, -0.1) is 46.7 Å². The number of hydrogen-bond donors (Lipinski definition) is 4. The number of hydrogen-bond acceptors (Lipinski definition) is 5. The summed E-state index contributed by atoms with van der Waals surface area (Å²) in [6.07, 6.45) is 0.178. The van der Waals surface area contributed by atoms with Crippen molar-refractivity contribution in [3.8, 4) is 0 Å². The summed E-state index contributed by atoms with van der Waals surface area (Å²) < 4.78 is 1.17. The van der Waals surface area contributed by atoms with Crippen molar-refractivity contribution in [1.82, 2.24) is 16.0 Å². The minimum Gasteiger partial charge on any atom is -0.386 e. The van der Waals surface area contributed by atoms with Crippen LogP contribution >= 0.6 is 46.7 Å². The van der Waals surface area contributed by atoms with Crippen LogP contribution in [0.1, 0.15) is 27.1 Å². The molecule has 1 atom stereocenters. The minimum absolute atomic E-state index is 0. The van der Waals surface area contributed by atoms with Crippen LogP contribution in [-0.2, 0) is 0 Å². The molecule has 3 aromatic rings. The van der Waals surface area contributed by atoms with Crippen LogP contribution in [0, 0.1) is 0 Å². The molecule has 0 aliphatic rings. The van der Waals surface area contributed by atoms with Crippen molar-refractivity contribution in [2.75, 3.05) is 26.7 Å². The van der Waals surface area contributed by atoms with Crippen LogP contribution in [0.4, 0.5) is 0 Å². The van der Waals surface area contributed by atoms with Crippen molar-refractivity contribution >= 4 is 68.6 Å². The first-order valence-electron chi connectivity index (χ1n) is 9.10. The van der Waals surface area contributed by atoms with Crippen LogP contribution in [0.2, 0.25) is 0 Å². The quantitative estimate of drug-likeness (QED) is 0.151. The van der Waals surface area contributed by atoms with Gasteiger partial charge in [-0.1, -0.05) is 24.3 Å². The summed E-state index contributed by atoms with van der Waals surface area (Å²) in [4.78, 5) is 17.7. The number of benzene rings is 1. The Morgan fingerprint density at radius 2 is 1.93 bits per heavy atom. The zero-order valence-corrected chi connectivity index (χ0v) is 20.0. The number of nitrogens with one attached hydrogen (secondary N) is 3. The van der Waals surface area contributed by atoms with E-state index in [-0.39, 0.29) is 29.9 Å². The van der Waals surface area contributed by atoms with E-state index >= 15 is 0 Å². The van der Waals surface area contributed by atoms with E-state index in [2.05, 4.69) is 27.0 Å². The minimum atomic E-state index is -0.596. The number of thiophene rings is 2. The van der Waals surface area contributed by atoms with Crippen molar-refractivity contribution in [3.05, 3.63) is 57.6 Å². The van der Waals surface area contributed by atoms with E-state index in [1.54, 1.807) is 18.4 Å². The molecule has 3 rings (SSSR count). The number of fused-ring (bicyclic) bond motifs is 1. The highest BCUT2D eigenvalue weighted by Crippen LogP contribution is 2.29. The fraction of sp³-hybridized carbons (Fsp3) is 0.300. The zero-order chi connectivity index (χ0) is 19.8. The molecule has 0 saturated carbocycles. The largest absolute Gasteiger partial charge is 0.386 e. The maximum absolute atomic E-state index is 11.9. The number of aliphatic imine (C=N–C) groups is 1. The van der Waals surface area contributed by atoms with Crippen molar-refractivity contribution in [2.45, 2.75) is 12.5 Å². The van der Waals surface area contributed by atoms with Gasteiger partial charge in [0.05, 0.1) is 4.88 Å². The third kappa shape index (κ3) is 6.95. The second-order valence-electron chi connectivity index (χ2n) is 6.17. The normalized spacial score (nSPS) is 12.3. The standard InChI is InChI=1S/C20H24N4O2S2.HI/c1-21-20(23-10-5-9-22-19(26)17-8-4-11-27-17)24-13-15(25)18-12-14-6-2-3-7-16(14)28-18;/h2-4,6-8,11-12,15,25H,5,9-10,13H2,1H3,(H,22,26)(H2,21,23,24);1H. The summed E-state index contributed by atoms with van der Waals surface area (Å²) >= 11 is 3.03. The first-order valence-corrected chi connectivity index (χ1v) is 10.8. The number of nitrogens with zero attached hydrogens (tertiary/aromatic N) is 1. The van der Waals surface area contributed by atoms with Crippen molar-refractivity contribution < 1.29 is 9.90 Å². The summed E-state index contributed by atoms with van der Waals surface area (Å²) in [6.45, 7) is 1.64. The van der Waals surface area contributed by atoms with E-state index in [1.165, 1.54) is 16.0 Å². The van der Waals surface area contributed by atoms with Gasteiger partial charge < -0.3 is 21.1 Å². The molecule has 1 amide bonds. The molecule has 156 valence electrons. The highest BCUT2D eigenvalue weighted by atomic mass is 127. The van der Waals surface area contributed by atoms with Gasteiger partial charge in [0, 0.05) is 36.3 Å². The fourth-order valence-corrected chi connectivity index (χ4v) is 4.36. The molecule has 0 fully saturated rings. The van der Waals surface area contributed by atoms with Crippen molar-refractivity contribution in [1.29, 1.82) is 0 Å². The Balaban J connectivity index is 0.00000300. The maximum Gasteiger partial charge on any atom is 0.261 e. The lowest BCUT2D eigenvalue weighted by molar-refractivity contribution is 0.0957. The summed E-state index contributed by atoms with van der Waals surface area (Å²) in [5, 5.41) is 22.7. The smallest absolute Gasteiger partial charge is 0.261 e. The summed E-state index contributed by atoms with van der Waals surface area (Å²) in [6, 6.07) is 13.8. The van der Waals surface area contributed by atoms with Gasteiger partial charge in [0.15, 0.2) is 5.96 Å². The molecule has 29 heavy (non-hydrogen) atoms. The molecule has 0 spiro atoms. The molecular weight excluding hydrogens is 519 g/mol. The van der Waals surface area contributed by atoms with E-state index in [4.69, 9.17) is 0 Å². The SMILES string of the molecule is CN=C(NCCCNC(=O)c1cccs1)NCC(O)c1cc2ccccc2s1.I. The van der Waals surface area contributed by atoms with Crippen LogP contribution in [0.15, 0.2) is 52.8 Å². The first kappa shape index (κ1) is 23.6. The van der Waals surface area contributed by atoms with E-state index in [0.29, 0.717) is 25.6 Å². The van der Waals surface area contributed by atoms with Crippen LogP contribution in [0.25, 0.3) is 10.1 Å². The lowest BCUT2D eigenvalue weighted by Crippen LogP contribution is -2.40. The number of aliphatic hydroxyl groups is 1. The van der Waals surface area contributed by atoms with E-state index < -0.39 is 6.10 Å². The van der Waals surface area contributed by atoms with Gasteiger partial charge in [-0.05, 0) is 35.4 Å². The van der Waals surface area contributed by atoms with Crippen molar-refractivity contribution in [3.63, 3.8) is 0 Å². The Bertz CT molecular complexity index is 895. The number of halogens is 1. The third-order valence-electron chi connectivity index (χ3n) is 4.14. The average Bonchev–Trinajstić information content (AvgIpc) is 3.39. The molecule has 0 saturated heterocycles. The Morgan fingerprint density at radius 3 is 2.66 bits per heavy atom. The molecular formula is C20H25IN4O2S2. The number of aliphatic hydroxyl groups excluding tert-OH is 1. The number of amides is 1. The van der Waals surface area contributed by atoms with Crippen LogP contribution in [-0.4, -0.2) is 43.7 Å². The predicted octanol–water partition coefficient (Wildman–Crippen LogP) is 3.60. The monoisotopic (exact) mass is 544 g/mol. The fourth-order valence-electron chi connectivity index (χ4n) is 2.67. The molecule has 4 N–H and O–H groups in total. The van der Waals surface area contributed by atoms with Crippen LogP contribution in [0.3, 0.4) is 0 Å². The molecule has 0 radical (unpaired) electrons.